The lowest BCUT2D eigenvalue weighted by Gasteiger charge is -2.40. The van der Waals surface area contributed by atoms with Crippen LogP contribution < -0.4 is 4.90 Å². The van der Waals surface area contributed by atoms with Gasteiger partial charge in [-0.2, -0.15) is 0 Å². The van der Waals surface area contributed by atoms with E-state index in [0.29, 0.717) is 17.3 Å². The van der Waals surface area contributed by atoms with Crippen LogP contribution in [0.1, 0.15) is 60.7 Å². The van der Waals surface area contributed by atoms with Crippen molar-refractivity contribution < 1.29 is 13.6 Å². The van der Waals surface area contributed by atoms with Crippen molar-refractivity contribution in [3.05, 3.63) is 99.6 Å². The van der Waals surface area contributed by atoms with Crippen molar-refractivity contribution in [2.24, 2.45) is 0 Å². The fourth-order valence-corrected chi connectivity index (χ4v) is 5.77. The van der Waals surface area contributed by atoms with Crippen molar-refractivity contribution in [2.75, 3.05) is 24.5 Å². The predicted octanol–water partition coefficient (Wildman–Crippen LogP) is 7.11. The van der Waals surface area contributed by atoms with Gasteiger partial charge in [0.25, 0.3) is 5.91 Å². The number of anilines is 1. The summed E-state index contributed by atoms with van der Waals surface area (Å²) in [5.74, 6) is -2.33. The molecule has 0 aromatic heterocycles. The molecule has 3 nitrogen and oxygen atoms in total. The molecule has 5 rings (SSSR count). The first kappa shape index (κ1) is 24.9. The number of hydrogen-bond acceptors (Lipinski definition) is 2. The molecule has 0 N–H and O–H groups in total. The third kappa shape index (κ3) is 4.55. The zero-order chi connectivity index (χ0) is 25.7. The molecule has 188 valence electrons. The first-order valence-corrected chi connectivity index (χ1v) is 12.8. The van der Waals surface area contributed by atoms with E-state index in [-0.39, 0.29) is 10.8 Å². The average Bonchev–Trinajstić information content (AvgIpc) is 3.13. The SMILES string of the molecule is CC(C)(C)c1ccc(CN2CCC3(CC2)CN(C(=O)c2c(F)cccc2F)c2ccc(Cl)cc23)cc1. The molecule has 1 saturated heterocycles. The summed E-state index contributed by atoms with van der Waals surface area (Å²) >= 11 is 6.37. The van der Waals surface area contributed by atoms with Crippen molar-refractivity contribution in [3.8, 4) is 0 Å². The van der Waals surface area contributed by atoms with Gasteiger partial charge in [-0.15, -0.1) is 0 Å². The number of amides is 1. The number of carbonyl (C=O) groups is 1. The van der Waals surface area contributed by atoms with Crippen LogP contribution in [0.15, 0.2) is 60.7 Å². The van der Waals surface area contributed by atoms with Crippen molar-refractivity contribution in [1.29, 1.82) is 0 Å². The van der Waals surface area contributed by atoms with Gasteiger partial charge in [-0.3, -0.25) is 9.69 Å². The Balaban J connectivity index is 1.36. The van der Waals surface area contributed by atoms with E-state index in [2.05, 4.69) is 49.9 Å². The Kier molecular flexibility index (Phi) is 6.42. The third-order valence-electron chi connectivity index (χ3n) is 7.74. The van der Waals surface area contributed by atoms with Crippen LogP contribution in [0.3, 0.4) is 0 Å². The third-order valence-corrected chi connectivity index (χ3v) is 7.98. The van der Waals surface area contributed by atoms with Crippen molar-refractivity contribution in [1.82, 2.24) is 4.90 Å². The molecule has 0 unspecified atom stereocenters. The summed E-state index contributed by atoms with van der Waals surface area (Å²) in [5.41, 5.74) is 3.62. The van der Waals surface area contributed by atoms with Gasteiger partial charge in [0.2, 0.25) is 0 Å². The molecular weight excluding hydrogens is 478 g/mol. The standard InChI is InChI=1S/C30H31ClF2N2O/c1-29(2,3)21-9-7-20(8-10-21)18-34-15-13-30(14-16-34)19-35(26-12-11-22(31)17-23(26)30)28(36)27-24(32)5-4-6-25(27)33/h4-12,17H,13-16,18-19H2,1-3H3. The molecule has 1 fully saturated rings. The highest BCUT2D eigenvalue weighted by molar-refractivity contribution is 6.30. The van der Waals surface area contributed by atoms with Crippen LogP contribution in [0, 0.1) is 11.6 Å². The van der Waals surface area contributed by atoms with E-state index >= 15 is 0 Å². The van der Waals surface area contributed by atoms with E-state index < -0.39 is 23.1 Å². The summed E-state index contributed by atoms with van der Waals surface area (Å²) in [6.45, 7) is 9.63. The molecule has 2 aliphatic rings. The highest BCUT2D eigenvalue weighted by atomic mass is 35.5. The maximum atomic E-state index is 14.5. The van der Waals surface area contributed by atoms with Crippen LogP contribution in [0.2, 0.25) is 5.02 Å². The quantitative estimate of drug-likeness (QED) is 0.376. The minimum Gasteiger partial charge on any atom is -0.307 e. The maximum Gasteiger partial charge on any atom is 0.264 e. The minimum absolute atomic E-state index is 0.127. The van der Waals surface area contributed by atoms with Crippen molar-refractivity contribution >= 4 is 23.2 Å². The number of halogens is 3. The Morgan fingerprint density at radius 2 is 1.61 bits per heavy atom. The fraction of sp³-hybridized carbons (Fsp3) is 0.367. The Labute approximate surface area is 216 Å². The molecule has 0 radical (unpaired) electrons. The second-order valence-corrected chi connectivity index (χ2v) is 11.6. The van der Waals surface area contributed by atoms with Crippen LogP contribution >= 0.6 is 11.6 Å². The smallest absolute Gasteiger partial charge is 0.264 e. The van der Waals surface area contributed by atoms with Gasteiger partial charge in [0, 0.05) is 29.2 Å². The van der Waals surface area contributed by atoms with E-state index in [1.807, 2.05) is 6.07 Å². The number of piperidine rings is 1. The van der Waals surface area contributed by atoms with Crippen LogP contribution in [-0.4, -0.2) is 30.4 Å². The minimum atomic E-state index is -0.844. The molecule has 0 aliphatic carbocycles. The molecule has 3 aromatic carbocycles. The molecule has 0 bridgehead atoms. The van der Waals surface area contributed by atoms with Crippen LogP contribution in [0.5, 0.6) is 0 Å². The molecule has 1 amide bonds. The van der Waals surface area contributed by atoms with Gasteiger partial charge in [0.05, 0.1) is 0 Å². The normalized spacial score (nSPS) is 17.4. The average molecular weight is 509 g/mol. The van der Waals surface area contributed by atoms with Crippen molar-refractivity contribution in [2.45, 2.75) is 51.0 Å². The van der Waals surface area contributed by atoms with E-state index in [1.165, 1.54) is 22.1 Å². The lowest BCUT2D eigenvalue weighted by atomic mass is 9.74. The Bertz CT molecular complexity index is 1270. The molecule has 3 aromatic rings. The molecule has 36 heavy (non-hydrogen) atoms. The zero-order valence-corrected chi connectivity index (χ0v) is 21.7. The number of hydrogen-bond donors (Lipinski definition) is 0. The second kappa shape index (κ2) is 9.28. The Hall–Kier alpha value is -2.76. The topological polar surface area (TPSA) is 23.6 Å². The summed E-state index contributed by atoms with van der Waals surface area (Å²) in [6, 6.07) is 17.8. The van der Waals surface area contributed by atoms with Gasteiger partial charge in [-0.05, 0) is 78.4 Å². The van der Waals surface area contributed by atoms with Crippen molar-refractivity contribution in [3.63, 3.8) is 0 Å². The molecule has 6 heteroatoms. The van der Waals surface area contributed by atoms with Gasteiger partial charge in [-0.1, -0.05) is 62.7 Å². The number of carbonyl (C=O) groups excluding carboxylic acids is 1. The number of likely N-dealkylation sites (tertiary alicyclic amines) is 1. The molecule has 0 saturated carbocycles. The first-order valence-electron chi connectivity index (χ1n) is 12.5. The molecular formula is C30H31ClF2N2O. The Morgan fingerprint density at radius 3 is 2.22 bits per heavy atom. The number of fused-ring (bicyclic) bond motifs is 2. The van der Waals surface area contributed by atoms with E-state index in [4.69, 9.17) is 11.6 Å². The largest absolute Gasteiger partial charge is 0.307 e. The van der Waals surface area contributed by atoms with E-state index in [0.717, 1.165) is 50.2 Å². The molecule has 2 heterocycles. The number of benzene rings is 3. The van der Waals surface area contributed by atoms with Crippen LogP contribution in [0.25, 0.3) is 0 Å². The van der Waals surface area contributed by atoms with E-state index in [9.17, 15) is 13.6 Å². The van der Waals surface area contributed by atoms with Gasteiger partial charge >= 0.3 is 0 Å². The number of nitrogens with zero attached hydrogens (tertiary/aromatic N) is 2. The van der Waals surface area contributed by atoms with Gasteiger partial charge in [0.1, 0.15) is 17.2 Å². The predicted molar refractivity (Wildman–Crippen MR) is 141 cm³/mol. The first-order chi connectivity index (χ1) is 17.1. The lowest BCUT2D eigenvalue weighted by molar-refractivity contribution is 0.0967. The monoisotopic (exact) mass is 508 g/mol. The van der Waals surface area contributed by atoms with Crippen LogP contribution in [-0.2, 0) is 17.4 Å². The highest BCUT2D eigenvalue weighted by Gasteiger charge is 2.47. The molecule has 1 spiro atoms. The Morgan fingerprint density at radius 1 is 0.972 bits per heavy atom. The zero-order valence-electron chi connectivity index (χ0n) is 21.0. The number of rotatable bonds is 3. The second-order valence-electron chi connectivity index (χ2n) is 11.2. The highest BCUT2D eigenvalue weighted by Crippen LogP contribution is 2.48. The van der Waals surface area contributed by atoms with E-state index in [1.54, 1.807) is 12.1 Å². The summed E-state index contributed by atoms with van der Waals surface area (Å²) in [5, 5.41) is 0.598. The summed E-state index contributed by atoms with van der Waals surface area (Å²) < 4.78 is 28.9. The maximum absolute atomic E-state index is 14.5. The summed E-state index contributed by atoms with van der Waals surface area (Å²) in [7, 11) is 0. The van der Waals surface area contributed by atoms with Crippen LogP contribution in [0.4, 0.5) is 14.5 Å². The fourth-order valence-electron chi connectivity index (χ4n) is 5.59. The summed E-state index contributed by atoms with van der Waals surface area (Å²) in [6.07, 6.45) is 1.67. The molecule has 2 aliphatic heterocycles. The van der Waals surface area contributed by atoms with Gasteiger partial charge in [0.15, 0.2) is 0 Å². The van der Waals surface area contributed by atoms with Gasteiger partial charge < -0.3 is 4.90 Å². The van der Waals surface area contributed by atoms with Gasteiger partial charge in [-0.25, -0.2) is 8.78 Å². The lowest BCUT2D eigenvalue weighted by Crippen LogP contribution is -2.46. The molecule has 0 atom stereocenters. The summed E-state index contributed by atoms with van der Waals surface area (Å²) in [4.78, 5) is 17.3.